The predicted molar refractivity (Wildman–Crippen MR) is 80.4 cm³/mol. The Bertz CT molecular complexity index is 923. The van der Waals surface area contributed by atoms with Crippen LogP contribution in [0.4, 0.5) is 22.7 Å². The van der Waals surface area contributed by atoms with Crippen LogP contribution in [0.1, 0.15) is 20.9 Å². The molecule has 0 unspecified atom stereocenters. The summed E-state index contributed by atoms with van der Waals surface area (Å²) in [6.07, 6.45) is -4.69. The average Bonchev–Trinajstić information content (AvgIpc) is 2.86. The minimum absolute atomic E-state index is 0.0759. The Morgan fingerprint density at radius 2 is 1.96 bits per heavy atom. The number of aromatic nitrogens is 1. The lowest BCUT2D eigenvalue weighted by atomic mass is 10.2. The number of methoxy groups -OCH3 is 1. The summed E-state index contributed by atoms with van der Waals surface area (Å²) >= 11 is 0.0759. The molecule has 136 valence electrons. The van der Waals surface area contributed by atoms with Crippen LogP contribution in [0, 0.1) is 12.7 Å². The van der Waals surface area contributed by atoms with Gasteiger partial charge in [-0.1, -0.05) is 17.4 Å². The molecule has 0 fully saturated rings. The highest BCUT2D eigenvalue weighted by atomic mass is 32.2. The van der Waals surface area contributed by atoms with E-state index in [4.69, 9.17) is 0 Å². The fourth-order valence-electron chi connectivity index (χ4n) is 1.90. The molecule has 0 spiro atoms. The van der Waals surface area contributed by atoms with E-state index in [9.17, 15) is 30.8 Å². The van der Waals surface area contributed by atoms with Gasteiger partial charge in [0.15, 0.2) is 5.13 Å². The summed E-state index contributed by atoms with van der Waals surface area (Å²) in [5.41, 5.74) is -1.27. The molecular formula is C13H10F4N2O4S2. The van der Waals surface area contributed by atoms with Crippen molar-refractivity contribution in [3.63, 3.8) is 0 Å². The Labute approximate surface area is 143 Å². The van der Waals surface area contributed by atoms with Crippen LogP contribution in [0.2, 0.25) is 0 Å². The van der Waals surface area contributed by atoms with Gasteiger partial charge in [0.25, 0.3) is 10.0 Å². The average molecular weight is 398 g/mol. The van der Waals surface area contributed by atoms with Gasteiger partial charge in [-0.05, 0) is 19.1 Å². The highest BCUT2D eigenvalue weighted by Crippen LogP contribution is 2.38. The summed E-state index contributed by atoms with van der Waals surface area (Å²) in [5.74, 6) is -2.40. The van der Waals surface area contributed by atoms with Gasteiger partial charge in [-0.2, -0.15) is 13.2 Å². The lowest BCUT2D eigenvalue weighted by molar-refractivity contribution is -0.134. The largest absolute Gasteiger partial charge is 0.465 e. The van der Waals surface area contributed by atoms with Crippen molar-refractivity contribution >= 4 is 32.5 Å². The summed E-state index contributed by atoms with van der Waals surface area (Å²) in [7, 11) is -3.65. The van der Waals surface area contributed by atoms with E-state index in [-0.39, 0.29) is 11.3 Å². The number of aryl methyl sites for hydroxylation is 1. The third-order valence-corrected chi connectivity index (χ3v) is 5.56. The van der Waals surface area contributed by atoms with Crippen molar-refractivity contribution in [3.8, 4) is 0 Å². The van der Waals surface area contributed by atoms with Crippen molar-refractivity contribution in [1.29, 1.82) is 0 Å². The van der Waals surface area contributed by atoms with E-state index in [2.05, 4.69) is 9.72 Å². The van der Waals surface area contributed by atoms with Crippen molar-refractivity contribution in [2.75, 3.05) is 11.8 Å². The molecule has 0 bridgehead atoms. The molecule has 1 heterocycles. The number of carbonyl (C=O) groups is 1. The topological polar surface area (TPSA) is 85.4 Å². The van der Waals surface area contributed by atoms with E-state index in [0.717, 1.165) is 32.2 Å². The molecular weight excluding hydrogens is 388 g/mol. The number of esters is 1. The molecule has 6 nitrogen and oxygen atoms in total. The first-order valence-corrected chi connectivity index (χ1v) is 8.71. The molecule has 0 aliphatic heterocycles. The normalized spacial score (nSPS) is 12.1. The molecule has 0 aliphatic carbocycles. The number of nitrogens with one attached hydrogen (secondary N) is 1. The lowest BCUT2D eigenvalue weighted by Crippen LogP contribution is -2.18. The third-order valence-electron chi connectivity index (χ3n) is 2.93. The van der Waals surface area contributed by atoms with Gasteiger partial charge in [0.1, 0.15) is 21.2 Å². The van der Waals surface area contributed by atoms with E-state index in [1.165, 1.54) is 0 Å². The standard InChI is InChI=1S/C13H10F4N2O4S2/c1-6-10(13(15,16)17)24-12(18-6)19-25(21,22)8-5-3-4-7(14)9(8)11(20)23-2/h3-5H,1-2H3,(H,18,19). The van der Waals surface area contributed by atoms with Crippen molar-refractivity contribution in [2.24, 2.45) is 0 Å². The second kappa shape index (κ2) is 6.59. The Morgan fingerprint density at radius 3 is 2.48 bits per heavy atom. The third kappa shape index (κ3) is 3.90. The zero-order valence-corrected chi connectivity index (χ0v) is 14.3. The molecule has 0 amide bonds. The van der Waals surface area contributed by atoms with Crippen LogP contribution >= 0.6 is 11.3 Å². The van der Waals surface area contributed by atoms with Crippen LogP contribution in [0.25, 0.3) is 0 Å². The van der Waals surface area contributed by atoms with Crippen LogP contribution in [0.15, 0.2) is 23.1 Å². The Balaban J connectivity index is 2.48. The summed E-state index contributed by atoms with van der Waals surface area (Å²) in [4.78, 5) is 13.3. The Hall–Kier alpha value is -2.21. The van der Waals surface area contributed by atoms with Gasteiger partial charge in [0, 0.05) is 0 Å². The number of halogens is 4. The van der Waals surface area contributed by atoms with E-state index in [0.29, 0.717) is 0 Å². The van der Waals surface area contributed by atoms with Gasteiger partial charge in [-0.3, -0.25) is 4.72 Å². The maximum Gasteiger partial charge on any atom is 0.427 e. The van der Waals surface area contributed by atoms with Crippen molar-refractivity contribution < 1.29 is 35.5 Å². The monoisotopic (exact) mass is 398 g/mol. The first-order valence-electron chi connectivity index (χ1n) is 6.41. The molecule has 12 heteroatoms. The second-order valence-corrected chi connectivity index (χ2v) is 7.29. The molecule has 1 aromatic carbocycles. The van der Waals surface area contributed by atoms with Gasteiger partial charge < -0.3 is 4.74 Å². The number of carbonyl (C=O) groups excluding carboxylic acids is 1. The van der Waals surface area contributed by atoms with Crippen molar-refractivity contribution in [2.45, 2.75) is 18.0 Å². The Kier molecular flexibility index (Phi) is 5.04. The van der Waals surface area contributed by atoms with Gasteiger partial charge in [0.05, 0.1) is 12.8 Å². The number of ether oxygens (including phenoxy) is 1. The molecule has 0 aliphatic rings. The number of alkyl halides is 3. The lowest BCUT2D eigenvalue weighted by Gasteiger charge is -2.10. The number of thiazole rings is 1. The first kappa shape index (κ1) is 19.1. The van der Waals surface area contributed by atoms with Crippen LogP contribution in [0.5, 0.6) is 0 Å². The van der Waals surface area contributed by atoms with Gasteiger partial charge in [0.2, 0.25) is 0 Å². The van der Waals surface area contributed by atoms with E-state index in [1.807, 2.05) is 4.72 Å². The summed E-state index contributed by atoms with van der Waals surface area (Å²) in [5, 5.41) is -0.565. The summed E-state index contributed by atoms with van der Waals surface area (Å²) < 4.78 is 83.0. The number of rotatable bonds is 4. The molecule has 1 aromatic heterocycles. The molecule has 0 saturated heterocycles. The molecule has 2 rings (SSSR count). The number of hydrogen-bond donors (Lipinski definition) is 1. The first-order chi connectivity index (χ1) is 11.5. The van der Waals surface area contributed by atoms with E-state index < -0.39 is 54.1 Å². The number of hydrogen-bond acceptors (Lipinski definition) is 6. The molecule has 1 N–H and O–H groups in total. The smallest absolute Gasteiger partial charge is 0.427 e. The van der Waals surface area contributed by atoms with Gasteiger partial charge >= 0.3 is 12.1 Å². The second-order valence-electron chi connectivity index (χ2n) is 4.64. The Morgan fingerprint density at radius 1 is 1.32 bits per heavy atom. The minimum Gasteiger partial charge on any atom is -0.465 e. The fourth-order valence-corrected chi connectivity index (χ4v) is 4.18. The summed E-state index contributed by atoms with van der Waals surface area (Å²) in [6, 6.07) is 2.80. The van der Waals surface area contributed by atoms with E-state index >= 15 is 0 Å². The zero-order valence-electron chi connectivity index (χ0n) is 12.6. The van der Waals surface area contributed by atoms with Gasteiger partial charge in [-0.25, -0.2) is 22.6 Å². The van der Waals surface area contributed by atoms with Crippen molar-refractivity contribution in [3.05, 3.63) is 40.2 Å². The zero-order chi connectivity index (χ0) is 19.0. The number of anilines is 1. The number of sulfonamides is 1. The fraction of sp³-hybridized carbons (Fsp3) is 0.231. The maximum atomic E-state index is 13.8. The highest BCUT2D eigenvalue weighted by molar-refractivity contribution is 7.93. The minimum atomic E-state index is -4.69. The maximum absolute atomic E-state index is 13.8. The molecule has 0 saturated carbocycles. The predicted octanol–water partition coefficient (Wildman–Crippen LogP) is 3.20. The van der Waals surface area contributed by atoms with Crippen LogP contribution in [-0.4, -0.2) is 26.5 Å². The quantitative estimate of drug-likeness (QED) is 0.632. The number of benzene rings is 1. The van der Waals surface area contributed by atoms with Crippen LogP contribution < -0.4 is 4.72 Å². The molecule has 2 aromatic rings. The van der Waals surface area contributed by atoms with E-state index in [1.54, 1.807) is 0 Å². The van der Waals surface area contributed by atoms with Gasteiger partial charge in [-0.15, -0.1) is 0 Å². The SMILES string of the molecule is COC(=O)c1c(F)cccc1S(=O)(=O)Nc1nc(C)c(C(F)(F)F)s1. The van der Waals surface area contributed by atoms with Crippen LogP contribution in [0.3, 0.4) is 0 Å². The molecule has 0 radical (unpaired) electrons. The molecule has 0 atom stereocenters. The number of nitrogens with zero attached hydrogens (tertiary/aromatic N) is 1. The summed E-state index contributed by atoms with van der Waals surface area (Å²) in [6.45, 7) is 1.07. The highest BCUT2D eigenvalue weighted by Gasteiger charge is 2.36. The van der Waals surface area contributed by atoms with Crippen LogP contribution in [-0.2, 0) is 20.9 Å². The van der Waals surface area contributed by atoms with Crippen molar-refractivity contribution in [1.82, 2.24) is 4.98 Å². The molecule has 25 heavy (non-hydrogen) atoms.